The molecule has 0 amide bonds. The second-order valence-electron chi connectivity index (χ2n) is 5.13. The van der Waals surface area contributed by atoms with Crippen molar-refractivity contribution in [1.29, 1.82) is 0 Å². The molecule has 0 bridgehead atoms. The summed E-state index contributed by atoms with van der Waals surface area (Å²) in [7, 11) is 0. The first kappa shape index (κ1) is 13.7. The third-order valence-electron chi connectivity index (χ3n) is 3.62. The number of carboxylic acids is 1. The van der Waals surface area contributed by atoms with Crippen LogP contribution in [0.1, 0.15) is 17.5 Å². The van der Waals surface area contributed by atoms with E-state index in [-0.39, 0.29) is 0 Å². The lowest BCUT2D eigenvalue weighted by atomic mass is 9.80. The molecule has 0 aliphatic rings. The summed E-state index contributed by atoms with van der Waals surface area (Å²) in [5, 5.41) is 10.5. The standard InChI is InChI=1S/C16H14N2O2S/c1-16(15(19)20,11-5-3-2-4-6-11)9-14-18-12-10-17-8-7-13(12)21-14/h2-8,10H,9H2,1H3,(H,19,20). The average molecular weight is 298 g/mol. The molecular formula is C16H14N2O2S. The zero-order chi connectivity index (χ0) is 14.9. The molecule has 0 aliphatic heterocycles. The van der Waals surface area contributed by atoms with Gasteiger partial charge in [0.25, 0.3) is 0 Å². The predicted molar refractivity (Wildman–Crippen MR) is 82.5 cm³/mol. The fourth-order valence-electron chi connectivity index (χ4n) is 2.31. The molecule has 1 N–H and O–H groups in total. The summed E-state index contributed by atoms with van der Waals surface area (Å²) in [6, 6.07) is 11.2. The Morgan fingerprint density at radius 3 is 2.71 bits per heavy atom. The molecule has 3 rings (SSSR count). The maximum Gasteiger partial charge on any atom is 0.314 e. The van der Waals surface area contributed by atoms with Crippen LogP contribution in [0.25, 0.3) is 10.2 Å². The molecule has 1 atom stereocenters. The Labute approximate surface area is 126 Å². The number of rotatable bonds is 4. The van der Waals surface area contributed by atoms with Crippen LogP contribution in [0, 0.1) is 0 Å². The number of carboxylic acid groups (broad SMARTS) is 1. The molecule has 21 heavy (non-hydrogen) atoms. The highest BCUT2D eigenvalue weighted by atomic mass is 32.1. The number of aliphatic carboxylic acids is 1. The van der Waals surface area contributed by atoms with Crippen LogP contribution in [0.3, 0.4) is 0 Å². The fraction of sp³-hybridized carbons (Fsp3) is 0.188. The number of pyridine rings is 1. The van der Waals surface area contributed by atoms with E-state index in [4.69, 9.17) is 0 Å². The van der Waals surface area contributed by atoms with Crippen molar-refractivity contribution in [3.63, 3.8) is 0 Å². The number of thiazole rings is 1. The van der Waals surface area contributed by atoms with E-state index in [2.05, 4.69) is 9.97 Å². The lowest BCUT2D eigenvalue weighted by Crippen LogP contribution is -2.34. The van der Waals surface area contributed by atoms with Gasteiger partial charge in [0.2, 0.25) is 0 Å². The Kier molecular flexibility index (Phi) is 3.43. The maximum absolute atomic E-state index is 11.8. The average Bonchev–Trinajstić information content (AvgIpc) is 2.89. The molecule has 0 spiro atoms. The Morgan fingerprint density at radius 1 is 1.29 bits per heavy atom. The first-order valence-electron chi connectivity index (χ1n) is 6.58. The zero-order valence-corrected chi connectivity index (χ0v) is 12.3. The normalized spacial score (nSPS) is 14.0. The van der Waals surface area contributed by atoms with Gasteiger partial charge in [-0.2, -0.15) is 0 Å². The Balaban J connectivity index is 2.01. The van der Waals surface area contributed by atoms with Gasteiger partial charge in [-0.1, -0.05) is 30.3 Å². The summed E-state index contributed by atoms with van der Waals surface area (Å²) in [4.78, 5) is 20.3. The molecule has 0 saturated carbocycles. The Morgan fingerprint density at radius 2 is 2.05 bits per heavy atom. The van der Waals surface area contributed by atoms with Gasteiger partial charge in [-0.25, -0.2) is 4.98 Å². The highest BCUT2D eigenvalue weighted by molar-refractivity contribution is 7.18. The predicted octanol–water partition coefficient (Wildman–Crippen LogP) is 3.28. The van der Waals surface area contributed by atoms with E-state index in [9.17, 15) is 9.90 Å². The van der Waals surface area contributed by atoms with Crippen molar-refractivity contribution in [2.45, 2.75) is 18.8 Å². The third kappa shape index (κ3) is 2.52. The molecule has 0 saturated heterocycles. The number of hydrogen-bond acceptors (Lipinski definition) is 4. The first-order chi connectivity index (χ1) is 10.1. The van der Waals surface area contributed by atoms with E-state index in [1.54, 1.807) is 19.3 Å². The lowest BCUT2D eigenvalue weighted by Gasteiger charge is -2.24. The van der Waals surface area contributed by atoms with E-state index in [1.165, 1.54) is 11.3 Å². The van der Waals surface area contributed by atoms with Crippen LogP contribution in [0.15, 0.2) is 48.8 Å². The second kappa shape index (κ2) is 5.26. The monoisotopic (exact) mass is 298 g/mol. The van der Waals surface area contributed by atoms with Gasteiger partial charge in [-0.05, 0) is 18.6 Å². The van der Waals surface area contributed by atoms with Crippen LogP contribution in [0.2, 0.25) is 0 Å². The molecule has 3 aromatic rings. The molecule has 0 radical (unpaired) electrons. The maximum atomic E-state index is 11.8. The molecular weight excluding hydrogens is 284 g/mol. The van der Waals surface area contributed by atoms with Gasteiger partial charge < -0.3 is 5.11 Å². The SMILES string of the molecule is CC(Cc1nc2cnccc2s1)(C(=O)O)c1ccccc1. The largest absolute Gasteiger partial charge is 0.481 e. The summed E-state index contributed by atoms with van der Waals surface area (Å²) >= 11 is 1.52. The molecule has 2 aromatic heterocycles. The Hall–Kier alpha value is -2.27. The van der Waals surface area contributed by atoms with Gasteiger partial charge in [-0.3, -0.25) is 9.78 Å². The summed E-state index contributed by atoms with van der Waals surface area (Å²) < 4.78 is 1.03. The molecule has 5 heteroatoms. The van der Waals surface area contributed by atoms with Crippen molar-refractivity contribution in [2.24, 2.45) is 0 Å². The summed E-state index contributed by atoms with van der Waals surface area (Å²) in [5.41, 5.74) is 0.621. The van der Waals surface area contributed by atoms with Crippen molar-refractivity contribution in [3.8, 4) is 0 Å². The number of fused-ring (bicyclic) bond motifs is 1. The van der Waals surface area contributed by atoms with Gasteiger partial charge >= 0.3 is 5.97 Å². The molecule has 0 fully saturated rings. The molecule has 106 valence electrons. The van der Waals surface area contributed by atoms with Crippen molar-refractivity contribution < 1.29 is 9.90 Å². The van der Waals surface area contributed by atoms with Gasteiger partial charge in [0, 0.05) is 12.6 Å². The van der Waals surface area contributed by atoms with Gasteiger partial charge in [-0.15, -0.1) is 11.3 Å². The number of carbonyl (C=O) groups is 1. The van der Waals surface area contributed by atoms with Crippen LogP contribution in [-0.2, 0) is 16.6 Å². The minimum absolute atomic E-state index is 0.367. The van der Waals surface area contributed by atoms with Crippen LogP contribution < -0.4 is 0 Å². The minimum atomic E-state index is -0.984. The van der Waals surface area contributed by atoms with Crippen molar-refractivity contribution in [2.75, 3.05) is 0 Å². The van der Waals surface area contributed by atoms with E-state index in [0.717, 1.165) is 20.8 Å². The van der Waals surface area contributed by atoms with Gasteiger partial charge in [0.15, 0.2) is 0 Å². The van der Waals surface area contributed by atoms with Crippen molar-refractivity contribution >= 4 is 27.5 Å². The van der Waals surface area contributed by atoms with Gasteiger partial charge in [0.05, 0.1) is 26.8 Å². The van der Waals surface area contributed by atoms with Crippen LogP contribution >= 0.6 is 11.3 Å². The quantitative estimate of drug-likeness (QED) is 0.803. The number of nitrogens with zero attached hydrogens (tertiary/aromatic N) is 2. The molecule has 2 heterocycles. The summed E-state index contributed by atoms with van der Waals surface area (Å²) in [6.07, 6.45) is 3.79. The van der Waals surface area contributed by atoms with E-state index >= 15 is 0 Å². The molecule has 1 aromatic carbocycles. The highest BCUT2D eigenvalue weighted by Crippen LogP contribution is 2.31. The second-order valence-corrected chi connectivity index (χ2v) is 6.25. The summed E-state index contributed by atoms with van der Waals surface area (Å²) in [5.74, 6) is -0.842. The number of aromatic nitrogens is 2. The fourth-order valence-corrected chi connectivity index (χ4v) is 3.40. The van der Waals surface area contributed by atoms with E-state index in [1.807, 2.05) is 36.4 Å². The summed E-state index contributed by atoms with van der Waals surface area (Å²) in [6.45, 7) is 1.75. The third-order valence-corrected chi connectivity index (χ3v) is 4.66. The van der Waals surface area contributed by atoms with Gasteiger partial charge in [0.1, 0.15) is 0 Å². The van der Waals surface area contributed by atoms with Crippen LogP contribution in [0.5, 0.6) is 0 Å². The topological polar surface area (TPSA) is 63.1 Å². The smallest absolute Gasteiger partial charge is 0.314 e. The zero-order valence-electron chi connectivity index (χ0n) is 11.5. The molecule has 4 nitrogen and oxygen atoms in total. The minimum Gasteiger partial charge on any atom is -0.481 e. The molecule has 0 aliphatic carbocycles. The highest BCUT2D eigenvalue weighted by Gasteiger charge is 2.36. The van der Waals surface area contributed by atoms with Crippen LogP contribution in [-0.4, -0.2) is 21.0 Å². The van der Waals surface area contributed by atoms with Crippen molar-refractivity contribution in [1.82, 2.24) is 9.97 Å². The van der Waals surface area contributed by atoms with E-state index in [0.29, 0.717) is 6.42 Å². The first-order valence-corrected chi connectivity index (χ1v) is 7.39. The van der Waals surface area contributed by atoms with E-state index < -0.39 is 11.4 Å². The van der Waals surface area contributed by atoms with Crippen LogP contribution in [0.4, 0.5) is 0 Å². The Bertz CT molecular complexity index is 752. The van der Waals surface area contributed by atoms with Crippen molar-refractivity contribution in [3.05, 3.63) is 59.4 Å². The number of benzene rings is 1. The molecule has 1 unspecified atom stereocenters. The lowest BCUT2D eigenvalue weighted by molar-refractivity contribution is -0.143. The number of hydrogen-bond donors (Lipinski definition) is 1.